The fourth-order valence-corrected chi connectivity index (χ4v) is 4.51. The third-order valence-electron chi connectivity index (χ3n) is 4.45. The number of hydrogen-bond acceptors (Lipinski definition) is 4. The van der Waals surface area contributed by atoms with E-state index in [9.17, 15) is 14.0 Å². The Bertz CT molecular complexity index is 811. The van der Waals surface area contributed by atoms with Gasteiger partial charge in [-0.25, -0.2) is 4.39 Å². The quantitative estimate of drug-likeness (QED) is 0.855. The first-order valence-electron chi connectivity index (χ1n) is 8.56. The molecule has 3 rings (SSSR count). The lowest BCUT2D eigenvalue weighted by Gasteiger charge is -2.28. The highest BCUT2D eigenvalue weighted by Crippen LogP contribution is 2.41. The number of rotatable bonds is 5. The molecule has 2 atom stereocenters. The van der Waals surface area contributed by atoms with Gasteiger partial charge in [-0.2, -0.15) is 0 Å². The van der Waals surface area contributed by atoms with Gasteiger partial charge in [-0.05, 0) is 35.4 Å². The molecule has 1 saturated heterocycles. The van der Waals surface area contributed by atoms with Gasteiger partial charge in [-0.1, -0.05) is 24.3 Å². The summed E-state index contributed by atoms with van der Waals surface area (Å²) in [4.78, 5) is 26.5. The smallest absolute Gasteiger partial charge is 0.243 e. The summed E-state index contributed by atoms with van der Waals surface area (Å²) in [5.41, 5.74) is 1.75. The van der Waals surface area contributed by atoms with Gasteiger partial charge in [0, 0.05) is 19.2 Å². The van der Waals surface area contributed by atoms with Gasteiger partial charge in [-0.15, -0.1) is 11.8 Å². The van der Waals surface area contributed by atoms with Crippen LogP contribution >= 0.6 is 11.8 Å². The zero-order chi connectivity index (χ0) is 19.4. The topological polar surface area (TPSA) is 58.6 Å². The fourth-order valence-electron chi connectivity index (χ4n) is 3.03. The van der Waals surface area contributed by atoms with Crippen molar-refractivity contribution in [3.63, 3.8) is 0 Å². The minimum atomic E-state index is -0.542. The van der Waals surface area contributed by atoms with Crippen molar-refractivity contribution < 1.29 is 18.7 Å². The molecule has 5 nitrogen and oxygen atoms in total. The predicted octanol–water partition coefficient (Wildman–Crippen LogP) is 3.11. The maximum absolute atomic E-state index is 13.0. The Morgan fingerprint density at radius 1 is 1.19 bits per heavy atom. The number of amides is 2. The first-order valence-corrected chi connectivity index (χ1v) is 9.61. The number of halogens is 1. The van der Waals surface area contributed by atoms with Gasteiger partial charge < -0.3 is 15.0 Å². The fraction of sp³-hybridized carbons (Fsp3) is 0.300. The maximum atomic E-state index is 13.0. The summed E-state index contributed by atoms with van der Waals surface area (Å²) in [6.45, 7) is 1.77. The lowest BCUT2D eigenvalue weighted by Crippen LogP contribution is -2.47. The summed E-state index contributed by atoms with van der Waals surface area (Å²) in [6.07, 6.45) is 0. The molecule has 0 bridgehead atoms. The number of nitrogens with one attached hydrogen (secondary N) is 1. The average Bonchev–Trinajstić information content (AvgIpc) is 3.13. The number of methoxy groups -OCH3 is 1. The van der Waals surface area contributed by atoms with Gasteiger partial charge in [0.15, 0.2) is 0 Å². The molecule has 142 valence electrons. The molecule has 7 heteroatoms. The van der Waals surface area contributed by atoms with Crippen molar-refractivity contribution in [2.75, 3.05) is 12.9 Å². The van der Waals surface area contributed by atoms with Crippen molar-refractivity contribution in [1.29, 1.82) is 0 Å². The van der Waals surface area contributed by atoms with E-state index in [1.165, 1.54) is 19.1 Å². The molecule has 1 N–H and O–H groups in total. The molecule has 0 aliphatic carbocycles. The molecule has 27 heavy (non-hydrogen) atoms. The van der Waals surface area contributed by atoms with Gasteiger partial charge >= 0.3 is 0 Å². The van der Waals surface area contributed by atoms with Crippen LogP contribution in [0, 0.1) is 5.82 Å². The molecule has 0 saturated carbocycles. The van der Waals surface area contributed by atoms with Crippen LogP contribution in [0.2, 0.25) is 0 Å². The van der Waals surface area contributed by atoms with Crippen molar-refractivity contribution >= 4 is 23.6 Å². The van der Waals surface area contributed by atoms with Gasteiger partial charge in [-0.3, -0.25) is 9.59 Å². The van der Waals surface area contributed by atoms with E-state index in [1.807, 2.05) is 24.3 Å². The van der Waals surface area contributed by atoms with E-state index in [1.54, 1.807) is 35.9 Å². The van der Waals surface area contributed by atoms with E-state index < -0.39 is 6.04 Å². The van der Waals surface area contributed by atoms with E-state index in [0.717, 1.165) is 16.9 Å². The SMILES string of the molecule is COc1ccc([C@@H]2SC[C@H](C(=O)NCc3ccc(F)cc3)N2C(C)=O)cc1. The molecule has 1 aliphatic heterocycles. The Morgan fingerprint density at radius 3 is 2.44 bits per heavy atom. The molecule has 1 fully saturated rings. The zero-order valence-electron chi connectivity index (χ0n) is 15.1. The number of carbonyl (C=O) groups excluding carboxylic acids is 2. The Balaban J connectivity index is 1.69. The van der Waals surface area contributed by atoms with E-state index in [-0.39, 0.29) is 23.0 Å². The van der Waals surface area contributed by atoms with Gasteiger partial charge in [0.1, 0.15) is 23.0 Å². The standard InChI is InChI=1S/C20H21FN2O3S/c1-13(24)23-18(19(25)22-11-14-3-7-16(21)8-4-14)12-27-20(23)15-5-9-17(26-2)10-6-15/h3-10,18,20H,11-12H2,1-2H3,(H,22,25)/t18-,20+/m1/s1. The van der Waals surface area contributed by atoms with Crippen LogP contribution in [0.25, 0.3) is 0 Å². The predicted molar refractivity (Wildman–Crippen MR) is 103 cm³/mol. The average molecular weight is 388 g/mol. The van der Waals surface area contributed by atoms with Crippen LogP contribution < -0.4 is 10.1 Å². The second-order valence-electron chi connectivity index (χ2n) is 6.25. The Morgan fingerprint density at radius 2 is 1.85 bits per heavy atom. The highest BCUT2D eigenvalue weighted by atomic mass is 32.2. The zero-order valence-corrected chi connectivity index (χ0v) is 16.0. The summed E-state index contributed by atoms with van der Waals surface area (Å²) in [5, 5.41) is 2.63. The minimum absolute atomic E-state index is 0.150. The largest absolute Gasteiger partial charge is 0.497 e. The van der Waals surface area contributed by atoms with Gasteiger partial charge in [0.2, 0.25) is 11.8 Å². The van der Waals surface area contributed by atoms with E-state index in [2.05, 4.69) is 5.32 Å². The number of benzene rings is 2. The highest BCUT2D eigenvalue weighted by Gasteiger charge is 2.40. The number of nitrogens with zero attached hydrogens (tertiary/aromatic N) is 1. The molecule has 2 aromatic rings. The molecule has 0 unspecified atom stereocenters. The Labute approximate surface area is 161 Å². The van der Waals surface area contributed by atoms with Crippen LogP contribution in [0.15, 0.2) is 48.5 Å². The molecule has 0 spiro atoms. The van der Waals surface area contributed by atoms with Crippen molar-refractivity contribution in [3.8, 4) is 5.75 Å². The van der Waals surface area contributed by atoms with Crippen LogP contribution in [-0.2, 0) is 16.1 Å². The van der Waals surface area contributed by atoms with Crippen LogP contribution in [0.3, 0.4) is 0 Å². The van der Waals surface area contributed by atoms with Crippen LogP contribution in [0.1, 0.15) is 23.4 Å². The van der Waals surface area contributed by atoms with E-state index in [0.29, 0.717) is 12.3 Å². The molecule has 2 aromatic carbocycles. The summed E-state index contributed by atoms with van der Waals surface area (Å²) >= 11 is 1.56. The second kappa shape index (κ2) is 8.43. The van der Waals surface area contributed by atoms with Crippen molar-refractivity contribution in [2.24, 2.45) is 0 Å². The third kappa shape index (κ3) is 4.42. The first kappa shape index (κ1) is 19.2. The normalized spacial score (nSPS) is 19.0. The third-order valence-corrected chi connectivity index (χ3v) is 5.77. The Hall–Kier alpha value is -2.54. The van der Waals surface area contributed by atoms with E-state index in [4.69, 9.17) is 4.74 Å². The highest BCUT2D eigenvalue weighted by molar-refractivity contribution is 7.99. The van der Waals surface area contributed by atoms with E-state index >= 15 is 0 Å². The minimum Gasteiger partial charge on any atom is -0.497 e. The molecule has 2 amide bonds. The molecule has 1 heterocycles. The number of thioether (sulfide) groups is 1. The van der Waals surface area contributed by atoms with Crippen LogP contribution in [0.4, 0.5) is 4.39 Å². The number of hydrogen-bond donors (Lipinski definition) is 1. The Kier molecular flexibility index (Phi) is 6.01. The van der Waals surface area contributed by atoms with Crippen molar-refractivity contribution in [3.05, 3.63) is 65.5 Å². The monoisotopic (exact) mass is 388 g/mol. The first-order chi connectivity index (χ1) is 13.0. The molecule has 0 radical (unpaired) electrons. The van der Waals surface area contributed by atoms with Gasteiger partial charge in [0.25, 0.3) is 0 Å². The number of ether oxygens (including phenoxy) is 1. The lowest BCUT2D eigenvalue weighted by molar-refractivity contribution is -0.138. The van der Waals surface area contributed by atoms with Crippen molar-refractivity contribution in [1.82, 2.24) is 10.2 Å². The second-order valence-corrected chi connectivity index (χ2v) is 7.36. The molecule has 0 aromatic heterocycles. The molecular formula is C20H21FN2O3S. The summed E-state index contributed by atoms with van der Waals surface area (Å²) < 4.78 is 18.2. The molecular weight excluding hydrogens is 367 g/mol. The summed E-state index contributed by atoms with van der Waals surface area (Å²) in [5.74, 6) is 0.582. The molecule has 1 aliphatic rings. The number of carbonyl (C=O) groups is 2. The summed E-state index contributed by atoms with van der Waals surface area (Å²) in [6, 6.07) is 12.9. The van der Waals surface area contributed by atoms with Crippen molar-refractivity contribution in [2.45, 2.75) is 24.9 Å². The van der Waals surface area contributed by atoms with Gasteiger partial charge in [0.05, 0.1) is 7.11 Å². The van der Waals surface area contributed by atoms with Crippen LogP contribution in [0.5, 0.6) is 5.75 Å². The van der Waals surface area contributed by atoms with Crippen LogP contribution in [-0.4, -0.2) is 35.6 Å². The lowest BCUT2D eigenvalue weighted by atomic mass is 10.1. The maximum Gasteiger partial charge on any atom is 0.243 e. The summed E-state index contributed by atoms with van der Waals surface area (Å²) in [7, 11) is 1.60.